The molecular formula is C12H18ClNO. The molecule has 0 amide bonds. The molecule has 2 atom stereocenters. The van der Waals surface area contributed by atoms with E-state index in [-0.39, 0.29) is 0 Å². The van der Waals surface area contributed by atoms with Gasteiger partial charge in [0.05, 0.1) is 12.1 Å². The van der Waals surface area contributed by atoms with Crippen molar-refractivity contribution in [3.8, 4) is 0 Å². The number of aliphatic hydroxyl groups excluding tert-OH is 1. The van der Waals surface area contributed by atoms with Crippen molar-refractivity contribution in [1.82, 2.24) is 0 Å². The van der Waals surface area contributed by atoms with E-state index < -0.39 is 12.1 Å². The number of aliphatic hydroxyl groups is 1. The molecule has 15 heavy (non-hydrogen) atoms. The van der Waals surface area contributed by atoms with Gasteiger partial charge in [-0.2, -0.15) is 0 Å². The predicted octanol–water partition coefficient (Wildman–Crippen LogP) is 2.75. The summed E-state index contributed by atoms with van der Waals surface area (Å²) in [5.74, 6) is 0.425. The lowest BCUT2D eigenvalue weighted by Gasteiger charge is -2.21. The third-order valence-electron chi connectivity index (χ3n) is 2.39. The molecule has 2 nitrogen and oxygen atoms in total. The van der Waals surface area contributed by atoms with Crippen LogP contribution in [0.3, 0.4) is 0 Å². The van der Waals surface area contributed by atoms with Crippen LogP contribution < -0.4 is 5.73 Å². The molecule has 0 saturated heterocycles. The molecular weight excluding hydrogens is 210 g/mol. The maximum absolute atomic E-state index is 9.88. The van der Waals surface area contributed by atoms with E-state index in [9.17, 15) is 5.11 Å². The minimum Gasteiger partial charge on any atom is -0.391 e. The van der Waals surface area contributed by atoms with Gasteiger partial charge in [-0.1, -0.05) is 43.6 Å². The first-order valence-corrected chi connectivity index (χ1v) is 5.58. The van der Waals surface area contributed by atoms with Gasteiger partial charge in [-0.3, -0.25) is 0 Å². The second kappa shape index (κ2) is 5.50. The summed E-state index contributed by atoms with van der Waals surface area (Å²) in [6, 6.07) is 6.98. The van der Waals surface area contributed by atoms with E-state index in [0.717, 1.165) is 5.56 Å². The summed E-state index contributed by atoms with van der Waals surface area (Å²) in [6.07, 6.45) is 0.150. The van der Waals surface area contributed by atoms with E-state index in [1.807, 2.05) is 18.2 Å². The molecule has 0 spiro atoms. The number of nitrogens with two attached hydrogens (primary N) is 1. The number of benzene rings is 1. The zero-order chi connectivity index (χ0) is 11.4. The largest absolute Gasteiger partial charge is 0.391 e. The predicted molar refractivity (Wildman–Crippen MR) is 63.8 cm³/mol. The van der Waals surface area contributed by atoms with Crippen LogP contribution in [0.1, 0.15) is 31.9 Å². The van der Waals surface area contributed by atoms with Crippen LogP contribution in [-0.4, -0.2) is 11.2 Å². The lowest BCUT2D eigenvalue weighted by molar-refractivity contribution is 0.121. The standard InChI is InChI=1S/C12H18ClNO/c1-8(2)7-11(15)12(14)9-5-3-4-6-10(9)13/h3-6,8,11-12,15H,7,14H2,1-2H3/t11-,12+/m0/s1. The maximum Gasteiger partial charge on any atom is 0.0735 e. The van der Waals surface area contributed by atoms with E-state index >= 15 is 0 Å². The van der Waals surface area contributed by atoms with Gasteiger partial charge in [0.25, 0.3) is 0 Å². The smallest absolute Gasteiger partial charge is 0.0735 e. The van der Waals surface area contributed by atoms with Crippen LogP contribution in [0.5, 0.6) is 0 Å². The van der Waals surface area contributed by atoms with Crippen molar-refractivity contribution in [2.45, 2.75) is 32.4 Å². The second-order valence-electron chi connectivity index (χ2n) is 4.24. The Morgan fingerprint density at radius 3 is 2.47 bits per heavy atom. The van der Waals surface area contributed by atoms with Crippen molar-refractivity contribution in [3.05, 3.63) is 34.9 Å². The molecule has 1 aromatic rings. The summed E-state index contributed by atoms with van der Waals surface area (Å²) in [4.78, 5) is 0. The van der Waals surface area contributed by atoms with Crippen LogP contribution in [0.2, 0.25) is 5.02 Å². The summed E-state index contributed by atoms with van der Waals surface area (Å²) < 4.78 is 0. The molecule has 0 saturated carbocycles. The van der Waals surface area contributed by atoms with Gasteiger partial charge in [0.15, 0.2) is 0 Å². The first-order chi connectivity index (χ1) is 7.02. The van der Waals surface area contributed by atoms with Gasteiger partial charge < -0.3 is 10.8 Å². The first-order valence-electron chi connectivity index (χ1n) is 5.20. The highest BCUT2D eigenvalue weighted by Gasteiger charge is 2.19. The number of hydrogen-bond donors (Lipinski definition) is 2. The number of halogens is 1. The van der Waals surface area contributed by atoms with E-state index in [0.29, 0.717) is 17.4 Å². The summed E-state index contributed by atoms with van der Waals surface area (Å²) in [6.45, 7) is 4.12. The average Bonchev–Trinajstić information content (AvgIpc) is 2.16. The Balaban J connectivity index is 2.76. The fraction of sp³-hybridized carbons (Fsp3) is 0.500. The van der Waals surface area contributed by atoms with E-state index in [2.05, 4.69) is 13.8 Å². The van der Waals surface area contributed by atoms with Crippen LogP contribution in [0, 0.1) is 5.92 Å². The molecule has 84 valence electrons. The van der Waals surface area contributed by atoms with Crippen LogP contribution in [0.25, 0.3) is 0 Å². The first kappa shape index (κ1) is 12.5. The van der Waals surface area contributed by atoms with Crippen molar-refractivity contribution >= 4 is 11.6 Å². The minimum absolute atomic E-state index is 0.402. The zero-order valence-corrected chi connectivity index (χ0v) is 9.91. The van der Waals surface area contributed by atoms with Gasteiger partial charge >= 0.3 is 0 Å². The van der Waals surface area contributed by atoms with Crippen molar-refractivity contribution in [1.29, 1.82) is 0 Å². The minimum atomic E-state index is -0.537. The summed E-state index contributed by atoms with van der Waals surface area (Å²) in [7, 11) is 0. The maximum atomic E-state index is 9.88. The Morgan fingerprint density at radius 2 is 1.93 bits per heavy atom. The summed E-state index contributed by atoms with van der Waals surface area (Å²) in [5.41, 5.74) is 6.77. The molecule has 0 aliphatic carbocycles. The summed E-state index contributed by atoms with van der Waals surface area (Å²) >= 11 is 6.01. The van der Waals surface area contributed by atoms with Gasteiger partial charge in [-0.25, -0.2) is 0 Å². The Bertz CT molecular complexity index is 314. The van der Waals surface area contributed by atoms with Crippen LogP contribution in [0.4, 0.5) is 0 Å². The lowest BCUT2D eigenvalue weighted by atomic mass is 9.95. The second-order valence-corrected chi connectivity index (χ2v) is 4.65. The van der Waals surface area contributed by atoms with Crippen molar-refractivity contribution in [2.75, 3.05) is 0 Å². The topological polar surface area (TPSA) is 46.2 Å². The quantitative estimate of drug-likeness (QED) is 0.831. The van der Waals surface area contributed by atoms with Crippen molar-refractivity contribution in [3.63, 3.8) is 0 Å². The number of hydrogen-bond acceptors (Lipinski definition) is 2. The van der Waals surface area contributed by atoms with Gasteiger partial charge in [0.2, 0.25) is 0 Å². The molecule has 0 aromatic heterocycles. The highest BCUT2D eigenvalue weighted by molar-refractivity contribution is 6.31. The van der Waals surface area contributed by atoms with Crippen LogP contribution in [-0.2, 0) is 0 Å². The average molecular weight is 228 g/mol. The normalized spacial score (nSPS) is 15.3. The van der Waals surface area contributed by atoms with Gasteiger partial charge in [-0.15, -0.1) is 0 Å². The summed E-state index contributed by atoms with van der Waals surface area (Å²) in [5, 5.41) is 10.5. The van der Waals surface area contributed by atoms with E-state index in [4.69, 9.17) is 17.3 Å². The van der Waals surface area contributed by atoms with Gasteiger partial charge in [0.1, 0.15) is 0 Å². The fourth-order valence-corrected chi connectivity index (χ4v) is 1.84. The molecule has 3 N–H and O–H groups in total. The van der Waals surface area contributed by atoms with E-state index in [1.165, 1.54) is 0 Å². The molecule has 1 aromatic carbocycles. The molecule has 0 heterocycles. The fourth-order valence-electron chi connectivity index (χ4n) is 1.58. The highest BCUT2D eigenvalue weighted by Crippen LogP contribution is 2.25. The van der Waals surface area contributed by atoms with Crippen LogP contribution >= 0.6 is 11.6 Å². The van der Waals surface area contributed by atoms with Crippen LogP contribution in [0.15, 0.2) is 24.3 Å². The third-order valence-corrected chi connectivity index (χ3v) is 2.74. The Kier molecular flexibility index (Phi) is 4.58. The van der Waals surface area contributed by atoms with Gasteiger partial charge in [-0.05, 0) is 24.0 Å². The Morgan fingerprint density at radius 1 is 1.33 bits per heavy atom. The molecule has 0 aliphatic heterocycles. The van der Waals surface area contributed by atoms with Crippen molar-refractivity contribution < 1.29 is 5.11 Å². The monoisotopic (exact) mass is 227 g/mol. The molecule has 1 rings (SSSR count). The Hall–Kier alpha value is -0.570. The SMILES string of the molecule is CC(C)C[C@H](O)[C@H](N)c1ccccc1Cl. The number of rotatable bonds is 4. The molecule has 3 heteroatoms. The van der Waals surface area contributed by atoms with Gasteiger partial charge in [0, 0.05) is 5.02 Å². The van der Waals surface area contributed by atoms with E-state index in [1.54, 1.807) is 6.07 Å². The molecule has 0 bridgehead atoms. The molecule has 0 radical (unpaired) electrons. The highest BCUT2D eigenvalue weighted by atomic mass is 35.5. The zero-order valence-electron chi connectivity index (χ0n) is 9.15. The molecule has 0 unspecified atom stereocenters. The molecule has 0 fully saturated rings. The third kappa shape index (κ3) is 3.49. The lowest BCUT2D eigenvalue weighted by Crippen LogP contribution is -2.27. The Labute approximate surface area is 96.1 Å². The molecule has 0 aliphatic rings. The van der Waals surface area contributed by atoms with Crippen molar-refractivity contribution in [2.24, 2.45) is 11.7 Å².